The Hall–Kier alpha value is -2.16. The van der Waals surface area contributed by atoms with Crippen LogP contribution in [-0.4, -0.2) is 27.3 Å². The number of hydrogen-bond acceptors (Lipinski definition) is 4. The van der Waals surface area contributed by atoms with E-state index in [-0.39, 0.29) is 24.0 Å². The van der Waals surface area contributed by atoms with Gasteiger partial charge in [0.05, 0.1) is 27.9 Å². The van der Waals surface area contributed by atoms with Crippen molar-refractivity contribution in [3.05, 3.63) is 47.0 Å². The van der Waals surface area contributed by atoms with Crippen molar-refractivity contribution < 1.29 is 14.2 Å². The van der Waals surface area contributed by atoms with E-state index < -0.39 is 0 Å². The molecule has 6 nitrogen and oxygen atoms in total. The van der Waals surface area contributed by atoms with E-state index in [1.165, 1.54) is 24.0 Å². The largest absolute Gasteiger partial charge is 0.493 e. The van der Waals surface area contributed by atoms with Gasteiger partial charge in [0.1, 0.15) is 0 Å². The van der Waals surface area contributed by atoms with Gasteiger partial charge in [-0.1, -0.05) is 6.07 Å². The fourth-order valence-electron chi connectivity index (χ4n) is 3.24. The predicted octanol–water partition coefficient (Wildman–Crippen LogP) is 3.75. The summed E-state index contributed by atoms with van der Waals surface area (Å²) in [6.45, 7) is 0.403. The third kappa shape index (κ3) is 4.97. The van der Waals surface area contributed by atoms with Gasteiger partial charge in [-0.3, -0.25) is 0 Å². The number of ether oxygens (including phenoxy) is 3. The van der Waals surface area contributed by atoms with Crippen molar-refractivity contribution >= 4 is 35.6 Å². The second kappa shape index (κ2) is 9.68. The summed E-state index contributed by atoms with van der Waals surface area (Å²) in [6.07, 6.45) is 3.52. The van der Waals surface area contributed by atoms with E-state index in [4.69, 9.17) is 19.9 Å². The van der Waals surface area contributed by atoms with E-state index in [1.54, 1.807) is 21.3 Å². The molecule has 0 amide bonds. The summed E-state index contributed by atoms with van der Waals surface area (Å²) in [7, 11) is 4.76. The summed E-state index contributed by atoms with van der Waals surface area (Å²) >= 11 is 0. The predicted molar refractivity (Wildman–Crippen MR) is 119 cm³/mol. The van der Waals surface area contributed by atoms with Gasteiger partial charge in [-0.15, -0.1) is 24.0 Å². The molecule has 7 heteroatoms. The summed E-state index contributed by atoms with van der Waals surface area (Å²) in [5.41, 5.74) is 10.8. The first-order valence-corrected chi connectivity index (χ1v) is 8.62. The second-order valence-corrected chi connectivity index (χ2v) is 6.20. The van der Waals surface area contributed by atoms with Crippen molar-refractivity contribution in [3.63, 3.8) is 0 Å². The Balaban J connectivity index is 0.00000261. The number of anilines is 1. The topological polar surface area (TPSA) is 78.1 Å². The highest BCUT2D eigenvalue weighted by atomic mass is 127. The Bertz CT molecular complexity index is 799. The van der Waals surface area contributed by atoms with Crippen LogP contribution in [0.15, 0.2) is 35.3 Å². The van der Waals surface area contributed by atoms with Crippen LogP contribution in [0.25, 0.3) is 0 Å². The molecule has 1 aliphatic carbocycles. The SMILES string of the molecule is COc1cc(CN=C(N)Nc2ccc3c(c2)CCC3)cc(OC)c1OC.I. The smallest absolute Gasteiger partial charge is 0.203 e. The molecule has 1 aliphatic rings. The zero-order chi connectivity index (χ0) is 18.5. The lowest BCUT2D eigenvalue weighted by atomic mass is 10.1. The summed E-state index contributed by atoms with van der Waals surface area (Å²) in [5.74, 6) is 2.13. The maximum absolute atomic E-state index is 6.05. The number of nitrogens with zero attached hydrogens (tertiary/aromatic N) is 1. The van der Waals surface area contributed by atoms with Crippen molar-refractivity contribution in [1.29, 1.82) is 0 Å². The van der Waals surface area contributed by atoms with Crippen LogP contribution in [0.3, 0.4) is 0 Å². The maximum Gasteiger partial charge on any atom is 0.203 e. The summed E-state index contributed by atoms with van der Waals surface area (Å²) < 4.78 is 16.1. The number of nitrogens with one attached hydrogen (secondary N) is 1. The van der Waals surface area contributed by atoms with Crippen LogP contribution in [0, 0.1) is 0 Å². The minimum absolute atomic E-state index is 0. The number of fused-ring (bicyclic) bond motifs is 1. The molecule has 0 heterocycles. The first-order valence-electron chi connectivity index (χ1n) is 8.62. The summed E-state index contributed by atoms with van der Waals surface area (Å²) in [5, 5.41) is 3.16. The van der Waals surface area contributed by atoms with Crippen molar-refractivity contribution in [3.8, 4) is 17.2 Å². The quantitative estimate of drug-likeness (QED) is 0.372. The molecule has 0 spiro atoms. The molecule has 0 saturated carbocycles. The molecule has 27 heavy (non-hydrogen) atoms. The third-order valence-corrected chi connectivity index (χ3v) is 4.53. The molecule has 0 fully saturated rings. The zero-order valence-corrected chi connectivity index (χ0v) is 18.2. The molecule has 3 N–H and O–H groups in total. The molecule has 0 bridgehead atoms. The molecular weight excluding hydrogens is 457 g/mol. The van der Waals surface area contributed by atoms with Gasteiger partial charge in [0.15, 0.2) is 17.5 Å². The van der Waals surface area contributed by atoms with Gasteiger partial charge in [0, 0.05) is 5.69 Å². The van der Waals surface area contributed by atoms with E-state index in [0.717, 1.165) is 17.7 Å². The van der Waals surface area contributed by atoms with E-state index in [0.29, 0.717) is 29.8 Å². The van der Waals surface area contributed by atoms with Gasteiger partial charge in [0.2, 0.25) is 5.75 Å². The molecule has 0 unspecified atom stereocenters. The minimum Gasteiger partial charge on any atom is -0.493 e. The van der Waals surface area contributed by atoms with Gasteiger partial charge in [-0.25, -0.2) is 4.99 Å². The number of methoxy groups -OCH3 is 3. The molecule has 0 aromatic heterocycles. The Labute approximate surface area is 177 Å². The monoisotopic (exact) mass is 483 g/mol. The number of nitrogens with two attached hydrogens (primary N) is 1. The first-order chi connectivity index (χ1) is 12.6. The standard InChI is InChI=1S/C20H25N3O3.HI/c1-24-17-9-13(10-18(25-2)19(17)26-3)12-22-20(21)23-16-8-7-14-5-4-6-15(14)11-16;/h7-11H,4-6,12H2,1-3H3,(H3,21,22,23);1H. The number of benzene rings is 2. The van der Waals surface area contributed by atoms with Gasteiger partial charge in [0.25, 0.3) is 0 Å². The highest BCUT2D eigenvalue weighted by Crippen LogP contribution is 2.38. The molecular formula is C20H26IN3O3. The Morgan fingerprint density at radius 2 is 1.67 bits per heavy atom. The van der Waals surface area contributed by atoms with Gasteiger partial charge >= 0.3 is 0 Å². The van der Waals surface area contributed by atoms with E-state index in [1.807, 2.05) is 18.2 Å². The Morgan fingerprint density at radius 1 is 1.00 bits per heavy atom. The van der Waals surface area contributed by atoms with Crippen LogP contribution in [0.2, 0.25) is 0 Å². The van der Waals surface area contributed by atoms with Crippen molar-refractivity contribution in [1.82, 2.24) is 0 Å². The number of aliphatic imine (C=N–C) groups is 1. The molecule has 0 radical (unpaired) electrons. The number of aryl methyl sites for hydroxylation is 2. The van der Waals surface area contributed by atoms with Crippen molar-refractivity contribution in [2.45, 2.75) is 25.8 Å². The number of halogens is 1. The summed E-state index contributed by atoms with van der Waals surface area (Å²) in [6, 6.07) is 10.1. The highest BCUT2D eigenvalue weighted by molar-refractivity contribution is 14.0. The van der Waals surface area contributed by atoms with Crippen LogP contribution in [0.4, 0.5) is 5.69 Å². The molecule has 146 valence electrons. The van der Waals surface area contributed by atoms with E-state index in [9.17, 15) is 0 Å². The molecule has 0 aliphatic heterocycles. The van der Waals surface area contributed by atoms with E-state index in [2.05, 4.69) is 22.4 Å². The second-order valence-electron chi connectivity index (χ2n) is 6.20. The molecule has 0 saturated heterocycles. The van der Waals surface area contributed by atoms with Gasteiger partial charge in [-0.2, -0.15) is 0 Å². The molecule has 0 atom stereocenters. The van der Waals surface area contributed by atoms with Crippen LogP contribution < -0.4 is 25.3 Å². The van der Waals surface area contributed by atoms with Gasteiger partial charge < -0.3 is 25.3 Å². The number of hydrogen-bond donors (Lipinski definition) is 2. The van der Waals surface area contributed by atoms with Crippen LogP contribution in [-0.2, 0) is 19.4 Å². The average molecular weight is 483 g/mol. The van der Waals surface area contributed by atoms with Gasteiger partial charge in [-0.05, 0) is 60.2 Å². The van der Waals surface area contributed by atoms with Crippen molar-refractivity contribution in [2.24, 2.45) is 10.7 Å². The Kier molecular flexibility index (Phi) is 7.58. The number of rotatable bonds is 6. The fraction of sp³-hybridized carbons (Fsp3) is 0.350. The first kappa shape index (κ1) is 21.1. The Morgan fingerprint density at radius 3 is 2.30 bits per heavy atom. The van der Waals surface area contributed by atoms with Crippen LogP contribution in [0.1, 0.15) is 23.1 Å². The summed E-state index contributed by atoms with van der Waals surface area (Å²) in [4.78, 5) is 4.42. The van der Waals surface area contributed by atoms with Crippen molar-refractivity contribution in [2.75, 3.05) is 26.6 Å². The number of guanidine groups is 1. The lowest BCUT2D eigenvalue weighted by Crippen LogP contribution is -2.22. The molecule has 2 aromatic carbocycles. The molecule has 2 aromatic rings. The van der Waals surface area contributed by atoms with Crippen LogP contribution in [0.5, 0.6) is 17.2 Å². The lowest BCUT2D eigenvalue weighted by molar-refractivity contribution is 0.324. The normalized spacial score (nSPS) is 12.8. The zero-order valence-electron chi connectivity index (χ0n) is 15.9. The minimum atomic E-state index is 0. The van der Waals surface area contributed by atoms with Crippen LogP contribution >= 0.6 is 24.0 Å². The van der Waals surface area contributed by atoms with E-state index >= 15 is 0 Å². The average Bonchev–Trinajstić information content (AvgIpc) is 3.13. The maximum atomic E-state index is 6.05. The third-order valence-electron chi connectivity index (χ3n) is 4.53. The fourth-order valence-corrected chi connectivity index (χ4v) is 3.24. The lowest BCUT2D eigenvalue weighted by Gasteiger charge is -2.13. The highest BCUT2D eigenvalue weighted by Gasteiger charge is 2.13. The molecule has 3 rings (SSSR count).